The van der Waals surface area contributed by atoms with E-state index in [0.717, 1.165) is 48.4 Å². The molecular weight excluding hydrogens is 675 g/mol. The van der Waals surface area contributed by atoms with Crippen molar-refractivity contribution in [3.05, 3.63) is 175 Å². The van der Waals surface area contributed by atoms with E-state index in [9.17, 15) is 0 Å². The molecule has 0 radical (unpaired) electrons. The van der Waals surface area contributed by atoms with Crippen molar-refractivity contribution in [2.45, 2.75) is 45.4 Å². The van der Waals surface area contributed by atoms with E-state index in [1.165, 1.54) is 88.6 Å². The fraction of sp³-hybridized carbons (Fsp3) is 0.137. The van der Waals surface area contributed by atoms with Crippen molar-refractivity contribution in [2.75, 3.05) is 4.90 Å². The van der Waals surface area contributed by atoms with E-state index < -0.39 is 0 Å². The number of para-hydroxylation sites is 1. The number of hydrogen-bond donors (Lipinski definition) is 0. The van der Waals surface area contributed by atoms with E-state index in [0.29, 0.717) is 0 Å². The highest BCUT2D eigenvalue weighted by molar-refractivity contribution is 7.26. The number of furan rings is 1. The first kappa shape index (κ1) is 32.7. The van der Waals surface area contributed by atoms with Gasteiger partial charge in [0.25, 0.3) is 0 Å². The fourth-order valence-electron chi connectivity index (χ4n) is 8.43. The molecule has 0 unspecified atom stereocenters. The van der Waals surface area contributed by atoms with Crippen LogP contribution in [0.4, 0.5) is 17.1 Å². The second-order valence-corrected chi connectivity index (χ2v) is 15.7. The zero-order valence-corrected chi connectivity index (χ0v) is 31.3. The van der Waals surface area contributed by atoms with Crippen LogP contribution in [0.5, 0.6) is 0 Å². The number of nitrogens with zero attached hydrogens (tertiary/aromatic N) is 1. The Bertz CT molecular complexity index is 2770. The van der Waals surface area contributed by atoms with Crippen molar-refractivity contribution in [3.8, 4) is 33.4 Å². The number of rotatable bonds is 8. The zero-order valence-electron chi connectivity index (χ0n) is 30.5. The minimum Gasteiger partial charge on any atom is -0.460 e. The SMILES string of the molecule is CCCCc1ccc(-c2ccc(N(c3ccc(-c4ccc5c(c4)-c4c(oc6ccccc46)CCC5)cc3)c3cccc4sc5ccccc5c34)cc2)cc1. The Morgan fingerprint density at radius 1 is 0.593 bits per heavy atom. The second-order valence-electron chi connectivity index (χ2n) is 14.6. The zero-order chi connectivity index (χ0) is 36.0. The van der Waals surface area contributed by atoms with Crippen LogP contribution >= 0.6 is 11.3 Å². The van der Waals surface area contributed by atoms with Crippen molar-refractivity contribution in [1.82, 2.24) is 0 Å². The molecule has 0 spiro atoms. The quantitative estimate of drug-likeness (QED) is 0.156. The summed E-state index contributed by atoms with van der Waals surface area (Å²) in [6.07, 6.45) is 6.72. The molecule has 0 saturated carbocycles. The first-order valence-electron chi connectivity index (χ1n) is 19.4. The van der Waals surface area contributed by atoms with Crippen LogP contribution in [0, 0.1) is 0 Å². The topological polar surface area (TPSA) is 16.4 Å². The first-order valence-corrected chi connectivity index (χ1v) is 20.2. The summed E-state index contributed by atoms with van der Waals surface area (Å²) in [5.41, 5.74) is 14.7. The number of unbranched alkanes of at least 4 members (excludes halogenated alkanes) is 1. The van der Waals surface area contributed by atoms with Gasteiger partial charge in [-0.3, -0.25) is 0 Å². The molecule has 2 nitrogen and oxygen atoms in total. The minimum absolute atomic E-state index is 0.969. The normalized spacial score (nSPS) is 12.5. The molecule has 0 amide bonds. The molecule has 0 fully saturated rings. The average Bonchev–Trinajstić information content (AvgIpc) is 3.74. The summed E-state index contributed by atoms with van der Waals surface area (Å²) in [4.78, 5) is 2.43. The van der Waals surface area contributed by atoms with E-state index in [2.05, 4.69) is 170 Å². The van der Waals surface area contributed by atoms with E-state index in [-0.39, 0.29) is 0 Å². The standard InChI is InChI=1S/C51H41NOS/c1-2-3-10-34-19-21-35(22-20-34)36-25-29-40(30-26-36)52(45-14-9-18-49-51(45)43-13-5-7-17-48(43)54-49)41-31-27-37(28-32-41)39-24-23-38-11-8-16-47-50(44(38)33-39)42-12-4-6-15-46(42)53-47/h4-7,9,12-15,17-33H,2-3,8,10-11,16H2,1H3. The maximum Gasteiger partial charge on any atom is 0.134 e. The maximum absolute atomic E-state index is 6.40. The monoisotopic (exact) mass is 715 g/mol. The molecule has 0 aliphatic heterocycles. The number of fused-ring (bicyclic) bond motifs is 8. The molecule has 0 N–H and O–H groups in total. The molecule has 0 atom stereocenters. The summed E-state index contributed by atoms with van der Waals surface area (Å²) in [7, 11) is 0. The average molecular weight is 716 g/mol. The molecule has 0 saturated heterocycles. The van der Waals surface area contributed by atoms with Gasteiger partial charge in [0.05, 0.1) is 5.69 Å². The van der Waals surface area contributed by atoms with Gasteiger partial charge in [0.15, 0.2) is 0 Å². The first-order chi connectivity index (χ1) is 26.7. The smallest absolute Gasteiger partial charge is 0.134 e. The summed E-state index contributed by atoms with van der Waals surface area (Å²) in [5, 5.41) is 3.80. The van der Waals surface area contributed by atoms with Crippen LogP contribution < -0.4 is 4.90 Å². The van der Waals surface area contributed by atoms with E-state index >= 15 is 0 Å². The van der Waals surface area contributed by atoms with Crippen LogP contribution in [0.1, 0.15) is 43.1 Å². The van der Waals surface area contributed by atoms with Crippen molar-refractivity contribution >= 4 is 59.5 Å². The van der Waals surface area contributed by atoms with Crippen molar-refractivity contribution < 1.29 is 4.42 Å². The molecule has 1 aliphatic rings. The van der Waals surface area contributed by atoms with Gasteiger partial charge in [0.1, 0.15) is 11.3 Å². The summed E-state index contributed by atoms with van der Waals surface area (Å²) in [5.74, 6) is 1.11. The van der Waals surface area contributed by atoms with Crippen molar-refractivity contribution in [2.24, 2.45) is 0 Å². The molecular formula is C51H41NOS. The van der Waals surface area contributed by atoms with Gasteiger partial charge in [-0.2, -0.15) is 0 Å². The van der Waals surface area contributed by atoms with Crippen molar-refractivity contribution in [3.63, 3.8) is 0 Å². The highest BCUT2D eigenvalue weighted by Gasteiger charge is 2.23. The van der Waals surface area contributed by atoms with E-state index in [1.807, 2.05) is 11.3 Å². The predicted molar refractivity (Wildman–Crippen MR) is 231 cm³/mol. The van der Waals surface area contributed by atoms with Gasteiger partial charge < -0.3 is 9.32 Å². The minimum atomic E-state index is 0.969. The Kier molecular flexibility index (Phi) is 8.38. The van der Waals surface area contributed by atoms with Crippen LogP contribution in [0.15, 0.2) is 162 Å². The Morgan fingerprint density at radius 2 is 1.24 bits per heavy atom. The number of thiophene rings is 1. The molecule has 2 heterocycles. The van der Waals surface area contributed by atoms with Crippen LogP contribution in [0.25, 0.3) is 64.5 Å². The van der Waals surface area contributed by atoms with Crippen molar-refractivity contribution in [1.29, 1.82) is 0 Å². The van der Waals surface area contributed by atoms with Gasteiger partial charge in [-0.1, -0.05) is 116 Å². The highest BCUT2D eigenvalue weighted by Crippen LogP contribution is 2.46. The molecule has 54 heavy (non-hydrogen) atoms. The summed E-state index contributed by atoms with van der Waals surface area (Å²) < 4.78 is 9.00. The third kappa shape index (κ3) is 5.80. The number of benzene rings is 7. The second kappa shape index (κ2) is 13.8. The molecule has 3 heteroatoms. The molecule has 0 bridgehead atoms. The lowest BCUT2D eigenvalue weighted by Crippen LogP contribution is -2.10. The fourth-order valence-corrected chi connectivity index (χ4v) is 9.56. The Hall–Kier alpha value is -5.90. The maximum atomic E-state index is 6.40. The lowest BCUT2D eigenvalue weighted by molar-refractivity contribution is 0.543. The van der Waals surface area contributed by atoms with E-state index in [4.69, 9.17) is 4.42 Å². The molecule has 1 aliphatic carbocycles. The molecule has 10 rings (SSSR count). The van der Waals surface area contributed by atoms with Gasteiger partial charge in [0.2, 0.25) is 0 Å². The molecule has 262 valence electrons. The number of aryl methyl sites for hydroxylation is 3. The van der Waals surface area contributed by atoms with Crippen LogP contribution in [0.3, 0.4) is 0 Å². The van der Waals surface area contributed by atoms with Gasteiger partial charge in [-0.05, 0) is 119 Å². The Morgan fingerprint density at radius 3 is 2.00 bits per heavy atom. The number of anilines is 3. The van der Waals surface area contributed by atoms with Gasteiger partial charge in [0, 0.05) is 48.9 Å². The van der Waals surface area contributed by atoms with Crippen LogP contribution in [0.2, 0.25) is 0 Å². The summed E-state index contributed by atoms with van der Waals surface area (Å²) in [6.45, 7) is 2.25. The van der Waals surface area contributed by atoms with Gasteiger partial charge in [-0.15, -0.1) is 11.3 Å². The lowest BCUT2D eigenvalue weighted by Gasteiger charge is -2.27. The molecule has 7 aromatic carbocycles. The molecule has 9 aromatic rings. The molecule has 2 aromatic heterocycles. The third-order valence-electron chi connectivity index (χ3n) is 11.2. The van der Waals surface area contributed by atoms with Crippen LogP contribution in [-0.4, -0.2) is 0 Å². The van der Waals surface area contributed by atoms with E-state index in [1.54, 1.807) is 0 Å². The predicted octanol–water partition coefficient (Wildman–Crippen LogP) is 15.1. The Balaban J connectivity index is 1.06. The van der Waals surface area contributed by atoms with Crippen LogP contribution in [-0.2, 0) is 19.3 Å². The number of hydrogen-bond acceptors (Lipinski definition) is 3. The summed E-state index contributed by atoms with van der Waals surface area (Å²) in [6, 6.07) is 58.4. The third-order valence-corrected chi connectivity index (χ3v) is 12.3. The lowest BCUT2D eigenvalue weighted by atomic mass is 9.93. The van der Waals surface area contributed by atoms with Gasteiger partial charge >= 0.3 is 0 Å². The highest BCUT2D eigenvalue weighted by atomic mass is 32.1. The van der Waals surface area contributed by atoms with Gasteiger partial charge in [-0.25, -0.2) is 0 Å². The summed E-state index contributed by atoms with van der Waals surface area (Å²) >= 11 is 1.86. The largest absolute Gasteiger partial charge is 0.460 e. The Labute approximate surface area is 321 Å².